The van der Waals surface area contributed by atoms with Crippen molar-refractivity contribution in [2.75, 3.05) is 13.7 Å². The molecule has 0 aromatic carbocycles. The van der Waals surface area contributed by atoms with Gasteiger partial charge in [-0.2, -0.15) is 0 Å². The highest BCUT2D eigenvalue weighted by atomic mass is 16.5. The van der Waals surface area contributed by atoms with Crippen molar-refractivity contribution < 1.29 is 14.3 Å². The fourth-order valence-corrected chi connectivity index (χ4v) is 2.12. The second kappa shape index (κ2) is 5.56. The van der Waals surface area contributed by atoms with Crippen LogP contribution >= 0.6 is 0 Å². The summed E-state index contributed by atoms with van der Waals surface area (Å²) in [7, 11) is 1.50. The van der Waals surface area contributed by atoms with Crippen LogP contribution in [0.15, 0.2) is 59.3 Å². The van der Waals surface area contributed by atoms with E-state index in [-0.39, 0.29) is 18.3 Å². The van der Waals surface area contributed by atoms with Crippen LogP contribution in [0.1, 0.15) is 0 Å². The lowest BCUT2D eigenvalue weighted by atomic mass is 9.81. The van der Waals surface area contributed by atoms with Crippen LogP contribution in [0.3, 0.4) is 0 Å². The Morgan fingerprint density at radius 2 is 2.11 bits per heavy atom. The first-order valence-corrected chi connectivity index (χ1v) is 5.72. The van der Waals surface area contributed by atoms with Crippen molar-refractivity contribution in [3.05, 3.63) is 59.3 Å². The number of rotatable bonds is 4. The molecule has 0 saturated carbocycles. The van der Waals surface area contributed by atoms with Gasteiger partial charge in [0.05, 0.1) is 0 Å². The van der Waals surface area contributed by atoms with E-state index in [1.807, 2.05) is 30.4 Å². The Balaban J connectivity index is 2.43. The first kappa shape index (κ1) is 12.5. The van der Waals surface area contributed by atoms with Crippen molar-refractivity contribution in [3.8, 4) is 0 Å². The minimum atomic E-state index is -0.159. The minimum Gasteiger partial charge on any atom is -0.377 e. The molecule has 92 valence electrons. The number of ether oxygens (including phenoxy) is 1. The first-order valence-electron chi connectivity index (χ1n) is 5.72. The summed E-state index contributed by atoms with van der Waals surface area (Å²) in [6.07, 6.45) is 13.6. The van der Waals surface area contributed by atoms with Crippen LogP contribution in [-0.4, -0.2) is 25.8 Å². The van der Waals surface area contributed by atoms with Crippen LogP contribution in [0.5, 0.6) is 0 Å². The number of methoxy groups -OCH3 is 1. The molecule has 0 N–H and O–H groups in total. The predicted octanol–water partition coefficient (Wildman–Crippen LogP) is 1.94. The quantitative estimate of drug-likeness (QED) is 0.707. The van der Waals surface area contributed by atoms with Gasteiger partial charge in [0.15, 0.2) is 5.78 Å². The van der Waals surface area contributed by atoms with Gasteiger partial charge in [0.2, 0.25) is 0 Å². The molecule has 3 heteroatoms. The van der Waals surface area contributed by atoms with Crippen molar-refractivity contribution in [1.82, 2.24) is 0 Å². The summed E-state index contributed by atoms with van der Waals surface area (Å²) >= 11 is 0. The highest BCUT2D eigenvalue weighted by molar-refractivity contribution is 6.00. The van der Waals surface area contributed by atoms with Crippen molar-refractivity contribution in [2.45, 2.75) is 0 Å². The van der Waals surface area contributed by atoms with Gasteiger partial charge in [0.1, 0.15) is 12.9 Å². The molecule has 0 radical (unpaired) electrons. The van der Waals surface area contributed by atoms with Gasteiger partial charge in [-0.3, -0.25) is 9.59 Å². The van der Waals surface area contributed by atoms with Gasteiger partial charge in [0.25, 0.3) is 0 Å². The number of carbonyl (C=O) groups is 2. The summed E-state index contributed by atoms with van der Waals surface area (Å²) in [6.45, 7) is 0.0567. The molecule has 0 aromatic rings. The fourth-order valence-electron chi connectivity index (χ4n) is 2.12. The minimum absolute atomic E-state index is 0.0545. The number of allylic oxidation sites excluding steroid dienone is 9. The number of Topliss-reactive ketones (excluding diaryl/α,β-unsaturated/α-hetero) is 1. The zero-order chi connectivity index (χ0) is 13.0. The van der Waals surface area contributed by atoms with E-state index in [1.165, 1.54) is 7.11 Å². The van der Waals surface area contributed by atoms with Gasteiger partial charge in [-0.15, -0.1) is 0 Å². The summed E-state index contributed by atoms with van der Waals surface area (Å²) in [6, 6.07) is 0. The molecule has 18 heavy (non-hydrogen) atoms. The van der Waals surface area contributed by atoms with Crippen molar-refractivity contribution >= 4 is 12.1 Å². The van der Waals surface area contributed by atoms with Crippen molar-refractivity contribution in [3.63, 3.8) is 0 Å². The third-order valence-corrected chi connectivity index (χ3v) is 2.97. The van der Waals surface area contributed by atoms with Gasteiger partial charge < -0.3 is 4.74 Å². The predicted molar refractivity (Wildman–Crippen MR) is 69.0 cm³/mol. The van der Waals surface area contributed by atoms with E-state index >= 15 is 0 Å². The van der Waals surface area contributed by atoms with E-state index in [2.05, 4.69) is 0 Å². The van der Waals surface area contributed by atoms with Gasteiger partial charge in [0, 0.05) is 24.2 Å². The van der Waals surface area contributed by atoms with Gasteiger partial charge >= 0.3 is 0 Å². The number of ketones is 1. The summed E-state index contributed by atoms with van der Waals surface area (Å²) in [5.74, 6) is -0.214. The summed E-state index contributed by atoms with van der Waals surface area (Å²) in [5.41, 5.74) is 2.13. The monoisotopic (exact) mass is 242 g/mol. The number of hydrogen-bond acceptors (Lipinski definition) is 3. The molecule has 0 heterocycles. The number of carbonyl (C=O) groups excluding carboxylic acids is 2. The molecular formula is C15H14O3. The topological polar surface area (TPSA) is 43.4 Å². The number of hydrogen-bond donors (Lipinski definition) is 0. The van der Waals surface area contributed by atoms with Crippen LogP contribution in [0.25, 0.3) is 0 Å². The smallest absolute Gasteiger partial charge is 0.185 e. The van der Waals surface area contributed by atoms with E-state index in [4.69, 9.17) is 4.74 Å². The Hall–Kier alpha value is -2.00. The fraction of sp³-hybridized carbons (Fsp3) is 0.200. The Labute approximate surface area is 106 Å². The number of aldehydes is 1. The zero-order valence-corrected chi connectivity index (χ0v) is 10.1. The van der Waals surface area contributed by atoms with Gasteiger partial charge in [-0.05, 0) is 5.57 Å². The molecule has 1 atom stereocenters. The Bertz CT molecular complexity index is 516. The summed E-state index contributed by atoms with van der Waals surface area (Å²) in [5, 5.41) is 0. The van der Waals surface area contributed by atoms with E-state index in [1.54, 1.807) is 12.2 Å². The average molecular weight is 242 g/mol. The largest absolute Gasteiger partial charge is 0.377 e. The molecule has 0 aliphatic heterocycles. The molecule has 0 bridgehead atoms. The maximum absolute atomic E-state index is 12.0. The van der Waals surface area contributed by atoms with E-state index < -0.39 is 0 Å². The van der Waals surface area contributed by atoms with Crippen molar-refractivity contribution in [1.29, 1.82) is 0 Å². The van der Waals surface area contributed by atoms with E-state index in [0.29, 0.717) is 11.1 Å². The SMILES string of the molecule is COCC(=O)C1=CC=C(C=O)C2=CC=CC=CC12. The third-order valence-electron chi connectivity index (χ3n) is 2.97. The maximum atomic E-state index is 12.0. The third kappa shape index (κ3) is 2.31. The highest BCUT2D eigenvalue weighted by Gasteiger charge is 2.26. The van der Waals surface area contributed by atoms with Crippen LogP contribution in [0.4, 0.5) is 0 Å². The molecular weight excluding hydrogens is 228 g/mol. The second-order valence-electron chi connectivity index (χ2n) is 4.09. The lowest BCUT2D eigenvalue weighted by Crippen LogP contribution is -2.20. The Morgan fingerprint density at radius 3 is 2.83 bits per heavy atom. The molecule has 0 amide bonds. The number of fused-ring (bicyclic) bond motifs is 1. The lowest BCUT2D eigenvalue weighted by Gasteiger charge is -2.22. The average Bonchev–Trinajstić information content (AvgIpc) is 2.63. The Morgan fingerprint density at radius 1 is 1.28 bits per heavy atom. The first-order chi connectivity index (χ1) is 8.77. The van der Waals surface area contributed by atoms with E-state index in [9.17, 15) is 9.59 Å². The highest BCUT2D eigenvalue weighted by Crippen LogP contribution is 2.33. The molecule has 3 nitrogen and oxygen atoms in total. The lowest BCUT2D eigenvalue weighted by molar-refractivity contribution is -0.119. The van der Waals surface area contributed by atoms with Gasteiger partial charge in [-0.1, -0.05) is 42.5 Å². The van der Waals surface area contributed by atoms with Crippen LogP contribution < -0.4 is 0 Å². The molecule has 0 saturated heterocycles. The Kier molecular flexibility index (Phi) is 3.85. The van der Waals surface area contributed by atoms with Crippen molar-refractivity contribution in [2.24, 2.45) is 5.92 Å². The maximum Gasteiger partial charge on any atom is 0.185 e. The van der Waals surface area contributed by atoms with E-state index in [0.717, 1.165) is 11.9 Å². The second-order valence-corrected chi connectivity index (χ2v) is 4.09. The normalized spacial score (nSPS) is 21.4. The standard InChI is InChI=1S/C15H14O3/c1-18-10-15(17)14-8-7-11(9-16)12-5-3-2-4-6-13(12)14/h2-9,13H,10H2,1H3. The molecule has 2 rings (SSSR count). The zero-order valence-electron chi connectivity index (χ0n) is 10.1. The molecule has 0 fully saturated rings. The summed E-state index contributed by atoms with van der Waals surface area (Å²) in [4.78, 5) is 23.0. The van der Waals surface area contributed by atoms with Crippen LogP contribution in [0.2, 0.25) is 0 Å². The van der Waals surface area contributed by atoms with Gasteiger partial charge in [-0.25, -0.2) is 0 Å². The molecule has 0 spiro atoms. The molecule has 0 aromatic heterocycles. The molecule has 2 aliphatic carbocycles. The molecule has 1 unspecified atom stereocenters. The summed E-state index contributed by atoms with van der Waals surface area (Å²) < 4.78 is 4.88. The van der Waals surface area contributed by atoms with Crippen LogP contribution in [0, 0.1) is 5.92 Å². The molecule has 2 aliphatic rings. The van der Waals surface area contributed by atoms with Crippen LogP contribution in [-0.2, 0) is 14.3 Å².